The van der Waals surface area contributed by atoms with Crippen LogP contribution in [0, 0.1) is 18.6 Å². The van der Waals surface area contributed by atoms with E-state index in [1.165, 1.54) is 19.2 Å². The molecular formula is C19H17F2N3O4. The van der Waals surface area contributed by atoms with Crippen LogP contribution in [-0.2, 0) is 17.8 Å². The fourth-order valence-corrected chi connectivity index (χ4v) is 3.54. The second-order valence-electron chi connectivity index (χ2n) is 6.74. The Morgan fingerprint density at radius 2 is 2.11 bits per heavy atom. The number of ether oxygens (including phenoxy) is 1. The highest BCUT2D eigenvalue weighted by Crippen LogP contribution is 2.23. The average molecular weight is 389 g/mol. The Bertz CT molecular complexity index is 1050. The van der Waals surface area contributed by atoms with E-state index in [-0.39, 0.29) is 34.8 Å². The van der Waals surface area contributed by atoms with E-state index < -0.39 is 29.2 Å². The van der Waals surface area contributed by atoms with Gasteiger partial charge in [-0.15, -0.1) is 0 Å². The zero-order valence-corrected chi connectivity index (χ0v) is 15.0. The van der Waals surface area contributed by atoms with E-state index in [4.69, 9.17) is 4.74 Å². The Kier molecular flexibility index (Phi) is 4.46. The second-order valence-corrected chi connectivity index (χ2v) is 6.74. The Labute approximate surface area is 158 Å². The van der Waals surface area contributed by atoms with Crippen LogP contribution in [-0.4, -0.2) is 40.7 Å². The normalized spacial score (nSPS) is 18.0. The predicted octanol–water partition coefficient (Wildman–Crippen LogP) is 1.18. The lowest BCUT2D eigenvalue weighted by molar-refractivity contribution is 0.00880. The number of aromatic nitrogens is 1. The van der Waals surface area contributed by atoms with Gasteiger partial charge in [0.15, 0.2) is 11.7 Å². The summed E-state index contributed by atoms with van der Waals surface area (Å²) in [6, 6.07) is 3.03. The minimum atomic E-state index is -0.789. The van der Waals surface area contributed by atoms with E-state index in [1.54, 1.807) is 9.47 Å². The molecule has 3 heterocycles. The topological polar surface area (TPSA) is 80.6 Å². The Morgan fingerprint density at radius 1 is 1.32 bits per heavy atom. The number of amides is 2. The van der Waals surface area contributed by atoms with Crippen LogP contribution >= 0.6 is 0 Å². The predicted molar refractivity (Wildman–Crippen MR) is 93.7 cm³/mol. The molecule has 1 saturated heterocycles. The van der Waals surface area contributed by atoms with Crippen molar-refractivity contribution in [2.24, 2.45) is 0 Å². The van der Waals surface area contributed by atoms with Crippen molar-refractivity contribution in [2.75, 3.05) is 13.2 Å². The molecule has 0 radical (unpaired) electrons. The zero-order valence-electron chi connectivity index (χ0n) is 15.0. The van der Waals surface area contributed by atoms with Gasteiger partial charge in [-0.25, -0.2) is 8.78 Å². The van der Waals surface area contributed by atoms with Gasteiger partial charge in [0.25, 0.3) is 11.8 Å². The number of carbonyl (C=O) groups excluding carboxylic acids is 2. The van der Waals surface area contributed by atoms with Crippen LogP contribution in [0.15, 0.2) is 29.2 Å². The number of rotatable bonds is 3. The van der Waals surface area contributed by atoms with E-state index in [2.05, 4.69) is 5.32 Å². The first-order valence-corrected chi connectivity index (χ1v) is 8.75. The molecule has 0 aliphatic carbocycles. The van der Waals surface area contributed by atoms with E-state index in [0.29, 0.717) is 19.7 Å². The van der Waals surface area contributed by atoms with Crippen LogP contribution < -0.4 is 10.7 Å². The molecule has 1 unspecified atom stereocenters. The smallest absolute Gasteiger partial charge is 0.273 e. The lowest BCUT2D eigenvalue weighted by atomic mass is 10.1. The molecule has 28 heavy (non-hydrogen) atoms. The maximum Gasteiger partial charge on any atom is 0.273 e. The van der Waals surface area contributed by atoms with Gasteiger partial charge in [-0.1, -0.05) is 6.07 Å². The Balaban J connectivity index is 1.62. The van der Waals surface area contributed by atoms with Crippen LogP contribution in [0.4, 0.5) is 8.78 Å². The molecule has 2 aliphatic heterocycles. The standard InChI is InChI=1S/C19H17F2N3O4/c1-10-16-19(27)24-4-5-28-15(24)9-23(16)8-13(17(10)25)18(26)22-7-11-2-3-12(20)6-14(11)21/h2-3,6,8,15H,4-5,7,9H2,1H3,(H,22,26). The van der Waals surface area contributed by atoms with Gasteiger partial charge in [0.1, 0.15) is 22.9 Å². The summed E-state index contributed by atoms with van der Waals surface area (Å²) in [6.07, 6.45) is 0.906. The molecule has 0 spiro atoms. The summed E-state index contributed by atoms with van der Waals surface area (Å²) in [5, 5.41) is 2.47. The van der Waals surface area contributed by atoms with E-state index >= 15 is 0 Å². The summed E-state index contributed by atoms with van der Waals surface area (Å²) in [5.41, 5.74) is -0.197. The summed E-state index contributed by atoms with van der Waals surface area (Å²) in [6.45, 7) is 2.49. The van der Waals surface area contributed by atoms with E-state index in [9.17, 15) is 23.2 Å². The molecule has 2 aliphatic rings. The van der Waals surface area contributed by atoms with Gasteiger partial charge < -0.3 is 19.5 Å². The maximum absolute atomic E-state index is 13.7. The van der Waals surface area contributed by atoms with Gasteiger partial charge in [0.2, 0.25) is 0 Å². The van der Waals surface area contributed by atoms with Crippen LogP contribution in [0.25, 0.3) is 0 Å². The molecule has 1 fully saturated rings. The third kappa shape index (κ3) is 2.97. The Morgan fingerprint density at radius 3 is 2.86 bits per heavy atom. The molecule has 9 heteroatoms. The lowest BCUT2D eigenvalue weighted by Crippen LogP contribution is -2.47. The fourth-order valence-electron chi connectivity index (χ4n) is 3.54. The fraction of sp³-hybridized carbons (Fsp3) is 0.316. The van der Waals surface area contributed by atoms with Crippen molar-refractivity contribution in [3.8, 4) is 0 Å². The monoisotopic (exact) mass is 389 g/mol. The first-order valence-electron chi connectivity index (χ1n) is 8.75. The van der Waals surface area contributed by atoms with E-state index in [1.807, 2.05) is 0 Å². The molecule has 1 aromatic carbocycles. The van der Waals surface area contributed by atoms with Crippen molar-refractivity contribution < 1.29 is 23.1 Å². The van der Waals surface area contributed by atoms with Crippen LogP contribution in [0.3, 0.4) is 0 Å². The number of hydrogen-bond donors (Lipinski definition) is 1. The number of carbonyl (C=O) groups is 2. The molecule has 1 aromatic heterocycles. The van der Waals surface area contributed by atoms with E-state index in [0.717, 1.165) is 12.1 Å². The molecule has 2 amide bonds. The van der Waals surface area contributed by atoms with Gasteiger partial charge in [-0.2, -0.15) is 0 Å². The highest BCUT2D eigenvalue weighted by Gasteiger charge is 2.38. The molecule has 2 aromatic rings. The molecule has 0 bridgehead atoms. The van der Waals surface area contributed by atoms with Crippen molar-refractivity contribution in [3.63, 3.8) is 0 Å². The highest BCUT2D eigenvalue weighted by atomic mass is 19.1. The summed E-state index contributed by atoms with van der Waals surface area (Å²) in [4.78, 5) is 39.4. The molecule has 146 valence electrons. The summed E-state index contributed by atoms with van der Waals surface area (Å²) in [5.74, 6) is -2.51. The number of nitrogens with one attached hydrogen (secondary N) is 1. The minimum absolute atomic E-state index is 0.0923. The number of fused-ring (bicyclic) bond motifs is 2. The van der Waals surface area contributed by atoms with Crippen molar-refractivity contribution >= 4 is 11.8 Å². The van der Waals surface area contributed by atoms with Gasteiger partial charge in [0, 0.05) is 36.5 Å². The van der Waals surface area contributed by atoms with Crippen LogP contribution in [0.2, 0.25) is 0 Å². The molecule has 1 atom stereocenters. The quantitative estimate of drug-likeness (QED) is 0.855. The highest BCUT2D eigenvalue weighted by molar-refractivity contribution is 5.98. The Hall–Kier alpha value is -3.07. The SMILES string of the molecule is Cc1c2n(cc(C(=O)NCc3ccc(F)cc3F)c1=O)CC1OCCN1C2=O. The lowest BCUT2D eigenvalue weighted by Gasteiger charge is -2.32. The van der Waals surface area contributed by atoms with Crippen LogP contribution in [0.1, 0.15) is 32.0 Å². The zero-order chi connectivity index (χ0) is 20.0. The summed E-state index contributed by atoms with van der Waals surface area (Å²) in [7, 11) is 0. The van der Waals surface area contributed by atoms with Crippen molar-refractivity contribution in [3.05, 3.63) is 68.6 Å². The van der Waals surface area contributed by atoms with Crippen molar-refractivity contribution in [1.29, 1.82) is 0 Å². The van der Waals surface area contributed by atoms with Crippen molar-refractivity contribution in [2.45, 2.75) is 26.2 Å². The van der Waals surface area contributed by atoms with Gasteiger partial charge in [-0.3, -0.25) is 14.4 Å². The van der Waals surface area contributed by atoms with Gasteiger partial charge >= 0.3 is 0 Å². The number of pyridine rings is 1. The summed E-state index contributed by atoms with van der Waals surface area (Å²) < 4.78 is 33.8. The number of benzene rings is 1. The second kappa shape index (κ2) is 6.83. The molecule has 4 rings (SSSR count). The minimum Gasteiger partial charge on any atom is -0.355 e. The molecule has 0 saturated carbocycles. The largest absolute Gasteiger partial charge is 0.355 e. The third-order valence-corrected chi connectivity index (χ3v) is 5.02. The molecular weight excluding hydrogens is 372 g/mol. The number of hydrogen-bond acceptors (Lipinski definition) is 4. The third-order valence-electron chi connectivity index (χ3n) is 5.02. The average Bonchev–Trinajstić information content (AvgIpc) is 3.12. The first kappa shape index (κ1) is 18.3. The summed E-state index contributed by atoms with van der Waals surface area (Å²) >= 11 is 0. The molecule has 7 nitrogen and oxygen atoms in total. The van der Waals surface area contributed by atoms with Gasteiger partial charge in [0.05, 0.1) is 13.2 Å². The molecule has 1 N–H and O–H groups in total. The van der Waals surface area contributed by atoms with Crippen LogP contribution in [0.5, 0.6) is 0 Å². The maximum atomic E-state index is 13.7. The van der Waals surface area contributed by atoms with Crippen molar-refractivity contribution in [1.82, 2.24) is 14.8 Å². The number of nitrogens with zero attached hydrogens (tertiary/aromatic N) is 2. The number of halogens is 2. The first-order chi connectivity index (χ1) is 13.4. The van der Waals surface area contributed by atoms with Gasteiger partial charge in [-0.05, 0) is 13.0 Å².